The number of carbonyl (C=O) groups is 1. The second-order valence-electron chi connectivity index (χ2n) is 5.60. The molecule has 0 radical (unpaired) electrons. The molecule has 0 saturated carbocycles. The Morgan fingerprint density at radius 1 is 1.17 bits per heavy atom. The number of rotatable bonds is 6. The molecule has 0 bridgehead atoms. The summed E-state index contributed by atoms with van der Waals surface area (Å²) in [6, 6.07) is 16.5. The standard InChI is InChI=1S/C18H21ClN2O2.ClH/c1-18(20,14-6-4-3-5-7-14)17(22)21(2)12-13-23-16-10-8-15(19)9-11-16;/h3-11H,12-13,20H2,1-2H3;1H. The van der Waals surface area contributed by atoms with Crippen molar-refractivity contribution >= 4 is 29.9 Å². The van der Waals surface area contributed by atoms with Crippen LogP contribution in [0.4, 0.5) is 0 Å². The Labute approximate surface area is 154 Å². The van der Waals surface area contributed by atoms with Gasteiger partial charge in [-0.15, -0.1) is 12.4 Å². The summed E-state index contributed by atoms with van der Waals surface area (Å²) < 4.78 is 5.61. The number of nitrogens with two attached hydrogens (primary N) is 1. The van der Waals surface area contributed by atoms with Crippen molar-refractivity contribution in [2.45, 2.75) is 12.5 Å². The summed E-state index contributed by atoms with van der Waals surface area (Å²) in [4.78, 5) is 14.2. The van der Waals surface area contributed by atoms with Crippen molar-refractivity contribution in [3.63, 3.8) is 0 Å². The van der Waals surface area contributed by atoms with Gasteiger partial charge in [0.2, 0.25) is 5.91 Å². The van der Waals surface area contributed by atoms with Crippen LogP contribution in [0, 0.1) is 0 Å². The number of halogens is 2. The molecule has 1 atom stereocenters. The van der Waals surface area contributed by atoms with Crippen LogP contribution < -0.4 is 10.5 Å². The summed E-state index contributed by atoms with van der Waals surface area (Å²) in [7, 11) is 1.72. The molecular weight excluding hydrogens is 347 g/mol. The van der Waals surface area contributed by atoms with E-state index >= 15 is 0 Å². The molecule has 0 aliphatic heterocycles. The van der Waals surface area contributed by atoms with Crippen LogP contribution in [0.5, 0.6) is 5.75 Å². The molecule has 0 fully saturated rings. The van der Waals surface area contributed by atoms with E-state index in [-0.39, 0.29) is 18.3 Å². The second kappa shape index (κ2) is 8.92. The van der Waals surface area contributed by atoms with Crippen LogP contribution in [0.3, 0.4) is 0 Å². The van der Waals surface area contributed by atoms with Gasteiger partial charge in [-0.1, -0.05) is 41.9 Å². The van der Waals surface area contributed by atoms with Gasteiger partial charge in [0.1, 0.15) is 17.9 Å². The highest BCUT2D eigenvalue weighted by Crippen LogP contribution is 2.20. The van der Waals surface area contributed by atoms with Crippen LogP contribution >= 0.6 is 24.0 Å². The molecule has 4 nitrogen and oxygen atoms in total. The van der Waals surface area contributed by atoms with Gasteiger partial charge in [0.05, 0.1) is 6.54 Å². The van der Waals surface area contributed by atoms with Crippen molar-refractivity contribution in [3.05, 3.63) is 65.2 Å². The molecule has 24 heavy (non-hydrogen) atoms. The lowest BCUT2D eigenvalue weighted by molar-refractivity contribution is -0.135. The van der Waals surface area contributed by atoms with E-state index in [4.69, 9.17) is 22.1 Å². The molecule has 2 N–H and O–H groups in total. The SMILES string of the molecule is CN(CCOc1ccc(Cl)cc1)C(=O)C(C)(N)c1ccccc1.Cl. The van der Waals surface area contributed by atoms with Gasteiger partial charge in [0.25, 0.3) is 0 Å². The maximum absolute atomic E-state index is 12.6. The van der Waals surface area contributed by atoms with Gasteiger partial charge in [-0.05, 0) is 36.8 Å². The molecule has 6 heteroatoms. The maximum Gasteiger partial charge on any atom is 0.246 e. The molecule has 130 valence electrons. The van der Waals surface area contributed by atoms with E-state index in [1.54, 1.807) is 43.1 Å². The van der Waals surface area contributed by atoms with E-state index in [9.17, 15) is 4.79 Å². The summed E-state index contributed by atoms with van der Waals surface area (Å²) in [5, 5.41) is 0.659. The number of benzene rings is 2. The number of carbonyl (C=O) groups excluding carboxylic acids is 1. The molecule has 0 saturated heterocycles. The predicted octanol–water partition coefficient (Wildman–Crippen LogP) is 3.47. The molecule has 0 aromatic heterocycles. The first-order valence-electron chi connectivity index (χ1n) is 7.39. The third-order valence-corrected chi connectivity index (χ3v) is 3.93. The lowest BCUT2D eigenvalue weighted by atomic mass is 9.92. The number of likely N-dealkylation sites (N-methyl/N-ethyl adjacent to an activating group) is 1. The zero-order valence-corrected chi connectivity index (χ0v) is 15.3. The van der Waals surface area contributed by atoms with Crippen molar-refractivity contribution in [1.29, 1.82) is 0 Å². The minimum atomic E-state index is -1.06. The Morgan fingerprint density at radius 3 is 2.33 bits per heavy atom. The molecular formula is C18H22Cl2N2O2. The Morgan fingerprint density at radius 2 is 1.75 bits per heavy atom. The minimum absolute atomic E-state index is 0. The fourth-order valence-electron chi connectivity index (χ4n) is 2.24. The second-order valence-corrected chi connectivity index (χ2v) is 6.03. The maximum atomic E-state index is 12.6. The summed E-state index contributed by atoms with van der Waals surface area (Å²) in [6.45, 7) is 2.55. The topological polar surface area (TPSA) is 55.6 Å². The van der Waals surface area contributed by atoms with E-state index in [2.05, 4.69) is 0 Å². The number of hydrogen-bond acceptors (Lipinski definition) is 3. The molecule has 2 aromatic carbocycles. The normalized spacial score (nSPS) is 12.7. The number of ether oxygens (including phenoxy) is 1. The van der Waals surface area contributed by atoms with E-state index in [1.807, 2.05) is 30.3 Å². The molecule has 2 rings (SSSR count). The monoisotopic (exact) mass is 368 g/mol. The highest BCUT2D eigenvalue weighted by atomic mass is 35.5. The highest BCUT2D eigenvalue weighted by Gasteiger charge is 2.32. The lowest BCUT2D eigenvalue weighted by Gasteiger charge is -2.29. The fourth-order valence-corrected chi connectivity index (χ4v) is 2.36. The Hall–Kier alpha value is -1.75. The van der Waals surface area contributed by atoms with Gasteiger partial charge in [0, 0.05) is 12.1 Å². The highest BCUT2D eigenvalue weighted by molar-refractivity contribution is 6.30. The number of nitrogens with zero attached hydrogens (tertiary/aromatic N) is 1. The van der Waals surface area contributed by atoms with Crippen LogP contribution in [0.15, 0.2) is 54.6 Å². The van der Waals surface area contributed by atoms with Crippen molar-refractivity contribution in [1.82, 2.24) is 4.90 Å². The van der Waals surface area contributed by atoms with Crippen molar-refractivity contribution in [2.75, 3.05) is 20.2 Å². The van der Waals surface area contributed by atoms with Gasteiger partial charge >= 0.3 is 0 Å². The van der Waals surface area contributed by atoms with Gasteiger partial charge < -0.3 is 15.4 Å². The van der Waals surface area contributed by atoms with Crippen LogP contribution in [-0.2, 0) is 10.3 Å². The number of hydrogen-bond donors (Lipinski definition) is 1. The minimum Gasteiger partial charge on any atom is -0.492 e. The van der Waals surface area contributed by atoms with Crippen LogP contribution in [0.2, 0.25) is 5.02 Å². The molecule has 1 unspecified atom stereocenters. The van der Waals surface area contributed by atoms with Crippen molar-refractivity contribution < 1.29 is 9.53 Å². The summed E-state index contributed by atoms with van der Waals surface area (Å²) in [5.41, 5.74) is 5.96. The zero-order valence-electron chi connectivity index (χ0n) is 13.7. The van der Waals surface area contributed by atoms with E-state index in [1.165, 1.54) is 0 Å². The van der Waals surface area contributed by atoms with Crippen LogP contribution in [-0.4, -0.2) is 31.0 Å². The zero-order chi connectivity index (χ0) is 16.9. The molecule has 0 spiro atoms. The molecule has 0 heterocycles. The summed E-state index contributed by atoms with van der Waals surface area (Å²) in [5.74, 6) is 0.567. The third kappa shape index (κ3) is 5.13. The first-order chi connectivity index (χ1) is 10.9. The third-order valence-electron chi connectivity index (χ3n) is 3.67. The van der Waals surface area contributed by atoms with Gasteiger partial charge in [-0.2, -0.15) is 0 Å². The number of amides is 1. The Balaban J connectivity index is 0.00000288. The largest absolute Gasteiger partial charge is 0.492 e. The molecule has 0 aliphatic rings. The quantitative estimate of drug-likeness (QED) is 0.848. The van der Waals surface area contributed by atoms with Crippen LogP contribution in [0.25, 0.3) is 0 Å². The summed E-state index contributed by atoms with van der Waals surface area (Å²) >= 11 is 5.82. The Kier molecular flexibility index (Phi) is 7.55. The van der Waals surface area contributed by atoms with E-state index in [0.29, 0.717) is 23.9 Å². The van der Waals surface area contributed by atoms with Gasteiger partial charge in [-0.3, -0.25) is 4.79 Å². The predicted molar refractivity (Wildman–Crippen MR) is 99.8 cm³/mol. The molecule has 1 amide bonds. The molecule has 2 aromatic rings. The van der Waals surface area contributed by atoms with Crippen molar-refractivity contribution in [2.24, 2.45) is 5.73 Å². The van der Waals surface area contributed by atoms with E-state index < -0.39 is 5.54 Å². The lowest BCUT2D eigenvalue weighted by Crippen LogP contribution is -2.50. The fraction of sp³-hybridized carbons (Fsp3) is 0.278. The van der Waals surface area contributed by atoms with Crippen LogP contribution in [0.1, 0.15) is 12.5 Å². The average Bonchev–Trinajstić information content (AvgIpc) is 2.56. The van der Waals surface area contributed by atoms with Gasteiger partial charge in [-0.25, -0.2) is 0 Å². The van der Waals surface area contributed by atoms with E-state index in [0.717, 1.165) is 5.56 Å². The first kappa shape index (κ1) is 20.3. The summed E-state index contributed by atoms with van der Waals surface area (Å²) in [6.07, 6.45) is 0. The Bertz CT molecular complexity index is 646. The van der Waals surface area contributed by atoms with Crippen molar-refractivity contribution in [3.8, 4) is 5.75 Å². The van der Waals surface area contributed by atoms with Gasteiger partial charge in [0.15, 0.2) is 0 Å². The molecule has 0 aliphatic carbocycles. The first-order valence-corrected chi connectivity index (χ1v) is 7.77. The average molecular weight is 369 g/mol. The smallest absolute Gasteiger partial charge is 0.246 e.